The zero-order valence-electron chi connectivity index (χ0n) is 13.3. The second-order valence-corrected chi connectivity index (χ2v) is 5.59. The third-order valence-electron chi connectivity index (χ3n) is 3.93. The summed E-state index contributed by atoms with van der Waals surface area (Å²) < 4.78 is 5.37. The molecule has 2 aromatic rings. The number of rotatable bonds is 8. The van der Waals surface area contributed by atoms with E-state index >= 15 is 0 Å². The summed E-state index contributed by atoms with van der Waals surface area (Å²) in [4.78, 5) is 4.39. The number of benzene rings is 1. The molecule has 2 atom stereocenters. The van der Waals surface area contributed by atoms with Crippen LogP contribution in [0.15, 0.2) is 36.5 Å². The number of methoxy groups -OCH3 is 1. The van der Waals surface area contributed by atoms with E-state index in [1.165, 1.54) is 10.9 Å². The molecule has 3 heteroatoms. The summed E-state index contributed by atoms with van der Waals surface area (Å²) in [5, 5.41) is 4.86. The quantitative estimate of drug-likeness (QED) is 0.793. The number of ether oxygens (including phenoxy) is 1. The highest BCUT2D eigenvalue weighted by Gasteiger charge is 2.13. The molecule has 1 aromatic carbocycles. The van der Waals surface area contributed by atoms with Gasteiger partial charge in [0.05, 0.1) is 11.6 Å². The van der Waals surface area contributed by atoms with Crippen molar-refractivity contribution in [1.29, 1.82) is 0 Å². The molecule has 0 fully saturated rings. The molecule has 0 aliphatic rings. The van der Waals surface area contributed by atoms with Gasteiger partial charge in [-0.3, -0.25) is 4.98 Å². The fourth-order valence-corrected chi connectivity index (χ4v) is 2.54. The van der Waals surface area contributed by atoms with Crippen LogP contribution in [0.3, 0.4) is 0 Å². The van der Waals surface area contributed by atoms with E-state index in [1.807, 2.05) is 12.3 Å². The Morgan fingerprint density at radius 1 is 1.24 bits per heavy atom. The summed E-state index contributed by atoms with van der Waals surface area (Å²) in [6.07, 6.45) is 5.43. The summed E-state index contributed by atoms with van der Waals surface area (Å²) in [6.45, 7) is 5.37. The number of nitrogens with one attached hydrogen (secondary N) is 1. The molecule has 0 saturated carbocycles. The standard InChI is InChI=1S/C18H26N2O/c1-4-11-19-17(9-7-14(2)21-3)16-8-10-18-15(13-16)6-5-12-20-18/h5-6,8,10,12-14,17,19H,4,7,9,11H2,1-3H3. The minimum Gasteiger partial charge on any atom is -0.382 e. The van der Waals surface area contributed by atoms with Crippen LogP contribution in [0.5, 0.6) is 0 Å². The van der Waals surface area contributed by atoms with Gasteiger partial charge in [-0.1, -0.05) is 19.1 Å². The van der Waals surface area contributed by atoms with Crippen molar-refractivity contribution in [2.75, 3.05) is 13.7 Å². The van der Waals surface area contributed by atoms with E-state index in [9.17, 15) is 0 Å². The van der Waals surface area contributed by atoms with Gasteiger partial charge in [-0.15, -0.1) is 0 Å². The first-order chi connectivity index (χ1) is 10.2. The molecular weight excluding hydrogens is 260 g/mol. The van der Waals surface area contributed by atoms with Gasteiger partial charge in [0.2, 0.25) is 0 Å². The molecule has 21 heavy (non-hydrogen) atoms. The predicted molar refractivity (Wildman–Crippen MR) is 88.5 cm³/mol. The van der Waals surface area contributed by atoms with Crippen molar-refractivity contribution >= 4 is 10.9 Å². The van der Waals surface area contributed by atoms with E-state index in [-0.39, 0.29) is 0 Å². The zero-order chi connectivity index (χ0) is 15.1. The largest absolute Gasteiger partial charge is 0.382 e. The summed E-state index contributed by atoms with van der Waals surface area (Å²) in [5.41, 5.74) is 2.40. The molecule has 0 saturated heterocycles. The highest BCUT2D eigenvalue weighted by Crippen LogP contribution is 2.23. The van der Waals surface area contributed by atoms with Crippen LogP contribution in [-0.2, 0) is 4.74 Å². The maximum atomic E-state index is 5.37. The Kier molecular flexibility index (Phi) is 6.15. The van der Waals surface area contributed by atoms with E-state index in [1.54, 1.807) is 7.11 Å². The lowest BCUT2D eigenvalue weighted by Crippen LogP contribution is -2.23. The topological polar surface area (TPSA) is 34.1 Å². The normalized spacial score (nSPS) is 14.2. The molecule has 3 nitrogen and oxygen atoms in total. The first-order valence-corrected chi connectivity index (χ1v) is 7.85. The molecular formula is C18H26N2O. The lowest BCUT2D eigenvalue weighted by molar-refractivity contribution is 0.106. The molecule has 2 unspecified atom stereocenters. The minimum atomic E-state index is 0.304. The fraction of sp³-hybridized carbons (Fsp3) is 0.500. The maximum Gasteiger partial charge on any atom is 0.0702 e. The van der Waals surface area contributed by atoms with Crippen LogP contribution in [-0.4, -0.2) is 24.7 Å². The fourth-order valence-electron chi connectivity index (χ4n) is 2.54. The van der Waals surface area contributed by atoms with Crippen LogP contribution in [0.1, 0.15) is 44.7 Å². The SMILES string of the molecule is CCCNC(CCC(C)OC)c1ccc2ncccc2c1. The van der Waals surface area contributed by atoms with Gasteiger partial charge in [0.1, 0.15) is 0 Å². The average molecular weight is 286 g/mol. The summed E-state index contributed by atoms with van der Waals surface area (Å²) in [7, 11) is 1.78. The van der Waals surface area contributed by atoms with Crippen molar-refractivity contribution in [1.82, 2.24) is 10.3 Å². The molecule has 114 valence electrons. The molecule has 1 aromatic heterocycles. The Morgan fingerprint density at radius 2 is 2.10 bits per heavy atom. The number of pyridine rings is 1. The van der Waals surface area contributed by atoms with Crippen LogP contribution in [0.2, 0.25) is 0 Å². The first-order valence-electron chi connectivity index (χ1n) is 7.85. The molecule has 0 bridgehead atoms. The van der Waals surface area contributed by atoms with Gasteiger partial charge < -0.3 is 10.1 Å². The van der Waals surface area contributed by atoms with Crippen molar-refractivity contribution in [2.24, 2.45) is 0 Å². The van der Waals surface area contributed by atoms with Gasteiger partial charge >= 0.3 is 0 Å². The lowest BCUT2D eigenvalue weighted by Gasteiger charge is -2.21. The van der Waals surface area contributed by atoms with Crippen molar-refractivity contribution in [3.8, 4) is 0 Å². The van der Waals surface area contributed by atoms with Crippen LogP contribution in [0.4, 0.5) is 0 Å². The lowest BCUT2D eigenvalue weighted by atomic mass is 9.98. The van der Waals surface area contributed by atoms with Crippen molar-refractivity contribution < 1.29 is 4.74 Å². The number of aromatic nitrogens is 1. The summed E-state index contributed by atoms with van der Waals surface area (Å²) >= 11 is 0. The average Bonchev–Trinajstić information content (AvgIpc) is 2.54. The van der Waals surface area contributed by atoms with Gasteiger partial charge in [-0.05, 0) is 56.5 Å². The molecule has 0 aliphatic heterocycles. The van der Waals surface area contributed by atoms with E-state index in [4.69, 9.17) is 4.74 Å². The third-order valence-corrected chi connectivity index (χ3v) is 3.93. The Labute approximate surface area is 127 Å². The molecule has 0 radical (unpaired) electrons. The van der Waals surface area contributed by atoms with E-state index in [2.05, 4.69) is 48.4 Å². The minimum absolute atomic E-state index is 0.304. The Morgan fingerprint density at radius 3 is 2.86 bits per heavy atom. The predicted octanol–water partition coefficient (Wildman–Crippen LogP) is 4.09. The highest BCUT2D eigenvalue weighted by atomic mass is 16.5. The van der Waals surface area contributed by atoms with Gasteiger partial charge in [0.25, 0.3) is 0 Å². The second kappa shape index (κ2) is 8.11. The van der Waals surface area contributed by atoms with Gasteiger partial charge in [-0.2, -0.15) is 0 Å². The molecule has 1 N–H and O–H groups in total. The Bertz CT molecular complexity index is 556. The van der Waals surface area contributed by atoms with Crippen molar-refractivity contribution in [3.05, 3.63) is 42.1 Å². The third kappa shape index (κ3) is 4.51. The first kappa shape index (κ1) is 15.9. The van der Waals surface area contributed by atoms with Gasteiger partial charge in [0, 0.05) is 24.7 Å². The highest BCUT2D eigenvalue weighted by molar-refractivity contribution is 5.79. The zero-order valence-corrected chi connectivity index (χ0v) is 13.3. The second-order valence-electron chi connectivity index (χ2n) is 5.59. The van der Waals surface area contributed by atoms with E-state index in [0.717, 1.165) is 31.3 Å². The van der Waals surface area contributed by atoms with Crippen molar-refractivity contribution in [2.45, 2.75) is 45.3 Å². The van der Waals surface area contributed by atoms with E-state index in [0.29, 0.717) is 12.1 Å². The smallest absolute Gasteiger partial charge is 0.0702 e. The Hall–Kier alpha value is -1.45. The molecule has 2 rings (SSSR count). The number of nitrogens with zero attached hydrogens (tertiary/aromatic N) is 1. The van der Waals surface area contributed by atoms with Gasteiger partial charge in [-0.25, -0.2) is 0 Å². The van der Waals surface area contributed by atoms with E-state index < -0.39 is 0 Å². The molecule has 1 heterocycles. The molecule has 0 spiro atoms. The number of fused-ring (bicyclic) bond motifs is 1. The maximum absolute atomic E-state index is 5.37. The summed E-state index contributed by atoms with van der Waals surface area (Å²) in [6, 6.07) is 11.1. The van der Waals surface area contributed by atoms with Crippen LogP contribution in [0, 0.1) is 0 Å². The van der Waals surface area contributed by atoms with Crippen LogP contribution >= 0.6 is 0 Å². The Balaban J connectivity index is 2.16. The molecule has 0 aliphatic carbocycles. The van der Waals surface area contributed by atoms with Crippen LogP contribution in [0.25, 0.3) is 10.9 Å². The summed E-state index contributed by atoms with van der Waals surface area (Å²) in [5.74, 6) is 0. The number of hydrogen-bond donors (Lipinski definition) is 1. The van der Waals surface area contributed by atoms with Crippen LogP contribution < -0.4 is 5.32 Å². The monoisotopic (exact) mass is 286 g/mol. The number of hydrogen-bond acceptors (Lipinski definition) is 3. The van der Waals surface area contributed by atoms with Crippen molar-refractivity contribution in [3.63, 3.8) is 0 Å². The van der Waals surface area contributed by atoms with Gasteiger partial charge in [0.15, 0.2) is 0 Å². The molecule has 0 amide bonds.